The number of fused-ring (bicyclic) bond motifs is 1. The zero-order chi connectivity index (χ0) is 10.8. The second-order valence-corrected chi connectivity index (χ2v) is 3.23. The van der Waals surface area contributed by atoms with Crippen molar-refractivity contribution in [2.75, 3.05) is 11.9 Å². The summed E-state index contributed by atoms with van der Waals surface area (Å²) in [5.74, 6) is 0. The summed E-state index contributed by atoms with van der Waals surface area (Å²) < 4.78 is 0. The van der Waals surface area contributed by atoms with Crippen LogP contribution in [-0.2, 0) is 6.42 Å². The smallest absolute Gasteiger partial charge is 0.319 e. The molecule has 15 heavy (non-hydrogen) atoms. The van der Waals surface area contributed by atoms with Crippen molar-refractivity contribution >= 4 is 17.4 Å². The number of carbonyl (C=O) groups excluding carboxylic acids is 1. The highest BCUT2D eigenvalue weighted by atomic mass is 16.6. The van der Waals surface area contributed by atoms with E-state index < -0.39 is 4.92 Å². The first-order chi connectivity index (χ1) is 7.16. The molecule has 2 amide bonds. The van der Waals surface area contributed by atoms with E-state index in [4.69, 9.17) is 0 Å². The first-order valence-electron chi connectivity index (χ1n) is 4.49. The molecule has 1 heterocycles. The Balaban J connectivity index is 2.40. The number of benzene rings is 1. The van der Waals surface area contributed by atoms with E-state index in [1.165, 1.54) is 12.1 Å². The van der Waals surface area contributed by atoms with Crippen LogP contribution < -0.4 is 10.6 Å². The van der Waals surface area contributed by atoms with Gasteiger partial charge in [0.25, 0.3) is 5.69 Å². The van der Waals surface area contributed by atoms with Crippen LogP contribution in [0, 0.1) is 10.1 Å². The summed E-state index contributed by atoms with van der Waals surface area (Å²) in [5, 5.41) is 15.8. The lowest BCUT2D eigenvalue weighted by Crippen LogP contribution is -2.27. The van der Waals surface area contributed by atoms with E-state index in [0.29, 0.717) is 18.7 Å². The van der Waals surface area contributed by atoms with Crippen LogP contribution in [0.4, 0.5) is 16.2 Å². The first-order valence-corrected chi connectivity index (χ1v) is 4.49. The summed E-state index contributed by atoms with van der Waals surface area (Å²) in [6.07, 6.45) is 0.593. The lowest BCUT2D eigenvalue weighted by atomic mass is 10.1. The SMILES string of the molecule is O=C1NCCc2cc([N+](=O)[O-])ccc2N1. The molecule has 0 spiro atoms. The number of carbonyl (C=O) groups is 1. The Labute approximate surface area is 85.4 Å². The van der Waals surface area contributed by atoms with E-state index in [1.807, 2.05) is 0 Å². The second kappa shape index (κ2) is 3.56. The predicted molar refractivity (Wildman–Crippen MR) is 53.8 cm³/mol. The number of nitrogens with one attached hydrogen (secondary N) is 2. The fourth-order valence-corrected chi connectivity index (χ4v) is 1.50. The standard InChI is InChI=1S/C9H9N3O3/c13-9-10-4-3-6-5-7(12(14)15)1-2-8(6)11-9/h1-2,5H,3-4H2,(H2,10,11,13). The maximum absolute atomic E-state index is 11.1. The minimum absolute atomic E-state index is 0.0462. The van der Waals surface area contributed by atoms with Gasteiger partial charge in [0, 0.05) is 24.4 Å². The number of nitro groups is 1. The Morgan fingerprint density at radius 1 is 1.40 bits per heavy atom. The van der Waals surface area contributed by atoms with E-state index in [2.05, 4.69) is 10.6 Å². The molecule has 0 saturated heterocycles. The van der Waals surface area contributed by atoms with E-state index in [9.17, 15) is 14.9 Å². The average molecular weight is 207 g/mol. The number of rotatable bonds is 1. The van der Waals surface area contributed by atoms with Gasteiger partial charge in [-0.3, -0.25) is 10.1 Å². The van der Waals surface area contributed by atoms with Gasteiger partial charge < -0.3 is 10.6 Å². The van der Waals surface area contributed by atoms with Gasteiger partial charge in [0.05, 0.1) is 4.92 Å². The molecular weight excluding hydrogens is 198 g/mol. The average Bonchev–Trinajstić information content (AvgIpc) is 2.37. The van der Waals surface area contributed by atoms with Crippen molar-refractivity contribution in [1.29, 1.82) is 0 Å². The number of anilines is 1. The molecule has 1 aromatic carbocycles. The highest BCUT2D eigenvalue weighted by Crippen LogP contribution is 2.23. The van der Waals surface area contributed by atoms with Crippen LogP contribution in [0.5, 0.6) is 0 Å². The number of nitrogens with zero attached hydrogens (tertiary/aromatic N) is 1. The third-order valence-electron chi connectivity index (χ3n) is 2.23. The van der Waals surface area contributed by atoms with Gasteiger partial charge in [-0.05, 0) is 18.1 Å². The van der Waals surface area contributed by atoms with Gasteiger partial charge in [-0.1, -0.05) is 0 Å². The van der Waals surface area contributed by atoms with Crippen LogP contribution in [0.15, 0.2) is 18.2 Å². The Kier molecular flexibility index (Phi) is 2.24. The van der Waals surface area contributed by atoms with Gasteiger partial charge in [0.1, 0.15) is 0 Å². The molecule has 0 saturated carbocycles. The van der Waals surface area contributed by atoms with Crippen LogP contribution in [0.25, 0.3) is 0 Å². The zero-order valence-corrected chi connectivity index (χ0v) is 7.82. The van der Waals surface area contributed by atoms with Crippen molar-refractivity contribution in [3.8, 4) is 0 Å². The van der Waals surface area contributed by atoms with Gasteiger partial charge in [-0.15, -0.1) is 0 Å². The molecule has 0 fully saturated rings. The Morgan fingerprint density at radius 2 is 2.20 bits per heavy atom. The van der Waals surface area contributed by atoms with Crippen LogP contribution in [0.2, 0.25) is 0 Å². The van der Waals surface area contributed by atoms with Crippen molar-refractivity contribution in [2.24, 2.45) is 0 Å². The van der Waals surface area contributed by atoms with E-state index >= 15 is 0 Å². The Morgan fingerprint density at radius 3 is 2.93 bits per heavy atom. The van der Waals surface area contributed by atoms with Gasteiger partial charge in [-0.25, -0.2) is 4.79 Å². The maximum atomic E-state index is 11.1. The summed E-state index contributed by atoms with van der Waals surface area (Å²) in [5.41, 5.74) is 1.46. The highest BCUT2D eigenvalue weighted by Gasteiger charge is 2.15. The molecule has 2 N–H and O–H groups in total. The van der Waals surface area contributed by atoms with E-state index in [-0.39, 0.29) is 11.7 Å². The quantitative estimate of drug-likeness (QED) is 0.537. The maximum Gasteiger partial charge on any atom is 0.319 e. The molecule has 2 rings (SSSR count). The highest BCUT2D eigenvalue weighted by molar-refractivity contribution is 5.91. The summed E-state index contributed by atoms with van der Waals surface area (Å²) in [7, 11) is 0. The molecule has 0 unspecified atom stereocenters. The number of hydrogen-bond donors (Lipinski definition) is 2. The summed E-state index contributed by atoms with van der Waals surface area (Å²) in [4.78, 5) is 21.2. The monoisotopic (exact) mass is 207 g/mol. The molecule has 0 aromatic heterocycles. The van der Waals surface area contributed by atoms with E-state index in [0.717, 1.165) is 5.56 Å². The van der Waals surface area contributed by atoms with Crippen molar-refractivity contribution in [2.45, 2.75) is 6.42 Å². The third-order valence-corrected chi connectivity index (χ3v) is 2.23. The Hall–Kier alpha value is -2.11. The van der Waals surface area contributed by atoms with Crippen LogP contribution in [-0.4, -0.2) is 17.5 Å². The molecule has 78 valence electrons. The summed E-state index contributed by atoms with van der Waals surface area (Å²) >= 11 is 0. The lowest BCUT2D eigenvalue weighted by Gasteiger charge is -2.04. The van der Waals surface area contributed by atoms with Gasteiger partial charge in [-0.2, -0.15) is 0 Å². The van der Waals surface area contributed by atoms with Gasteiger partial charge in [0.15, 0.2) is 0 Å². The third kappa shape index (κ3) is 1.88. The summed E-state index contributed by atoms with van der Waals surface area (Å²) in [6.45, 7) is 0.486. The molecule has 1 aliphatic heterocycles. The molecule has 0 bridgehead atoms. The molecule has 1 aliphatic rings. The molecule has 6 heteroatoms. The van der Waals surface area contributed by atoms with Crippen molar-refractivity contribution in [1.82, 2.24) is 5.32 Å². The van der Waals surface area contributed by atoms with Crippen LogP contribution in [0.3, 0.4) is 0 Å². The minimum atomic E-state index is -0.444. The topological polar surface area (TPSA) is 84.3 Å². The lowest BCUT2D eigenvalue weighted by molar-refractivity contribution is -0.384. The van der Waals surface area contributed by atoms with Crippen molar-refractivity contribution in [3.05, 3.63) is 33.9 Å². The molecule has 0 aliphatic carbocycles. The minimum Gasteiger partial charge on any atom is -0.338 e. The molecule has 0 radical (unpaired) electrons. The number of urea groups is 1. The predicted octanol–water partition coefficient (Wildman–Crippen LogP) is 1.27. The number of amides is 2. The number of nitro benzene ring substituents is 1. The van der Waals surface area contributed by atoms with Crippen molar-refractivity contribution < 1.29 is 9.72 Å². The molecule has 6 nitrogen and oxygen atoms in total. The second-order valence-electron chi connectivity index (χ2n) is 3.23. The normalized spacial score (nSPS) is 14.5. The summed E-state index contributed by atoms with van der Waals surface area (Å²) in [6, 6.07) is 4.15. The largest absolute Gasteiger partial charge is 0.338 e. The molecular formula is C9H9N3O3. The van der Waals surface area contributed by atoms with Crippen molar-refractivity contribution in [3.63, 3.8) is 0 Å². The van der Waals surface area contributed by atoms with E-state index in [1.54, 1.807) is 6.07 Å². The van der Waals surface area contributed by atoms with Gasteiger partial charge in [0.2, 0.25) is 0 Å². The molecule has 1 aromatic rings. The fraction of sp³-hybridized carbons (Fsp3) is 0.222. The number of non-ortho nitro benzene ring substituents is 1. The molecule has 0 atom stereocenters. The van der Waals surface area contributed by atoms with Crippen LogP contribution in [0.1, 0.15) is 5.56 Å². The fourth-order valence-electron chi connectivity index (χ4n) is 1.50. The zero-order valence-electron chi connectivity index (χ0n) is 7.82. The number of hydrogen-bond acceptors (Lipinski definition) is 3. The Bertz CT molecular complexity index is 431. The first kappa shape index (κ1) is 9.45. The van der Waals surface area contributed by atoms with Gasteiger partial charge >= 0.3 is 6.03 Å². The van der Waals surface area contributed by atoms with Crippen LogP contribution >= 0.6 is 0 Å².